The Balaban J connectivity index is 2.23. The van der Waals surface area contributed by atoms with Gasteiger partial charge >= 0.3 is 0 Å². The predicted octanol–water partition coefficient (Wildman–Crippen LogP) is 3.86. The molecule has 2 aromatic carbocycles. The molecule has 1 atom stereocenters. The number of thiocarbonyl (C=S) groups is 1. The van der Waals surface area contributed by atoms with Gasteiger partial charge in [0.25, 0.3) is 5.17 Å². The van der Waals surface area contributed by atoms with E-state index >= 15 is 0 Å². The smallest absolute Gasteiger partial charge is 0.258 e. The second-order valence-electron chi connectivity index (χ2n) is 5.72. The Labute approximate surface area is 131 Å². The largest absolute Gasteiger partial charge is 0.452 e. The van der Waals surface area contributed by atoms with Gasteiger partial charge in [-0.3, -0.25) is 0 Å². The molecule has 1 aliphatic heterocycles. The summed E-state index contributed by atoms with van der Waals surface area (Å²) in [4.78, 5) is 0. The molecule has 0 aromatic heterocycles. The van der Waals surface area contributed by atoms with E-state index in [0.717, 1.165) is 11.1 Å². The van der Waals surface area contributed by atoms with Crippen molar-refractivity contribution in [1.82, 2.24) is 5.32 Å². The number of hydrogen-bond donors (Lipinski definition) is 1. The van der Waals surface area contributed by atoms with Crippen molar-refractivity contribution >= 4 is 17.4 Å². The zero-order chi connectivity index (χ0) is 14.9. The molecule has 3 rings (SSSR count). The molecule has 108 valence electrons. The van der Waals surface area contributed by atoms with Gasteiger partial charge in [-0.25, -0.2) is 0 Å². The molecule has 1 heterocycles. The van der Waals surface area contributed by atoms with Gasteiger partial charge in [-0.15, -0.1) is 0 Å². The quantitative estimate of drug-likeness (QED) is 0.869. The van der Waals surface area contributed by atoms with Crippen LogP contribution < -0.4 is 5.32 Å². The molecule has 2 nitrogen and oxygen atoms in total. The first-order valence-corrected chi connectivity index (χ1v) is 7.66. The van der Waals surface area contributed by atoms with Crippen molar-refractivity contribution < 1.29 is 4.74 Å². The Morgan fingerprint density at radius 2 is 1.43 bits per heavy atom. The van der Waals surface area contributed by atoms with Gasteiger partial charge < -0.3 is 10.1 Å². The lowest BCUT2D eigenvalue weighted by atomic mass is 9.76. The van der Waals surface area contributed by atoms with E-state index < -0.39 is 5.60 Å². The van der Waals surface area contributed by atoms with Crippen molar-refractivity contribution in [1.29, 1.82) is 0 Å². The molecule has 0 aliphatic carbocycles. The van der Waals surface area contributed by atoms with Crippen molar-refractivity contribution in [3.05, 3.63) is 71.8 Å². The molecule has 1 N–H and O–H groups in total. The monoisotopic (exact) mass is 297 g/mol. The highest BCUT2D eigenvalue weighted by Gasteiger charge is 2.51. The summed E-state index contributed by atoms with van der Waals surface area (Å²) in [7, 11) is 0. The third kappa shape index (κ3) is 2.32. The van der Waals surface area contributed by atoms with Gasteiger partial charge in [0.05, 0.1) is 6.04 Å². The lowest BCUT2D eigenvalue weighted by molar-refractivity contribution is 0.0902. The van der Waals surface area contributed by atoms with E-state index in [1.54, 1.807) is 0 Å². The third-order valence-corrected chi connectivity index (χ3v) is 4.24. The summed E-state index contributed by atoms with van der Waals surface area (Å²) >= 11 is 5.33. The van der Waals surface area contributed by atoms with Crippen molar-refractivity contribution in [2.75, 3.05) is 0 Å². The molecule has 2 aromatic rings. The van der Waals surface area contributed by atoms with Crippen molar-refractivity contribution in [2.24, 2.45) is 5.92 Å². The van der Waals surface area contributed by atoms with Crippen LogP contribution in [0.15, 0.2) is 60.7 Å². The fourth-order valence-electron chi connectivity index (χ4n) is 3.12. The Kier molecular flexibility index (Phi) is 3.68. The van der Waals surface area contributed by atoms with E-state index in [2.05, 4.69) is 43.4 Å². The molecule has 0 spiro atoms. The van der Waals surface area contributed by atoms with Gasteiger partial charge in [0, 0.05) is 11.1 Å². The molecule has 0 radical (unpaired) electrons. The summed E-state index contributed by atoms with van der Waals surface area (Å²) in [6, 6.07) is 20.8. The van der Waals surface area contributed by atoms with E-state index in [1.165, 1.54) is 0 Å². The molecule has 1 unspecified atom stereocenters. The Morgan fingerprint density at radius 1 is 0.952 bits per heavy atom. The van der Waals surface area contributed by atoms with Crippen LogP contribution in [0.5, 0.6) is 0 Å². The summed E-state index contributed by atoms with van der Waals surface area (Å²) in [6.07, 6.45) is 0. The maximum Gasteiger partial charge on any atom is 0.258 e. The van der Waals surface area contributed by atoms with Crippen LogP contribution in [0.3, 0.4) is 0 Å². The van der Waals surface area contributed by atoms with Gasteiger partial charge in [-0.1, -0.05) is 74.5 Å². The highest BCUT2D eigenvalue weighted by atomic mass is 32.1. The maximum absolute atomic E-state index is 6.22. The number of hydrogen-bond acceptors (Lipinski definition) is 2. The average molecular weight is 297 g/mol. The van der Waals surface area contributed by atoms with E-state index in [1.807, 2.05) is 36.4 Å². The maximum atomic E-state index is 6.22. The van der Waals surface area contributed by atoms with Crippen molar-refractivity contribution in [3.63, 3.8) is 0 Å². The van der Waals surface area contributed by atoms with E-state index in [9.17, 15) is 0 Å². The molecule has 0 saturated carbocycles. The van der Waals surface area contributed by atoms with Gasteiger partial charge in [-0.2, -0.15) is 0 Å². The number of rotatable bonds is 3. The fraction of sp³-hybridized carbons (Fsp3) is 0.278. The standard InChI is InChI=1S/C18H19NOS/c1-13(2)16-18(20-17(21)19-16,14-9-5-3-6-10-14)15-11-7-4-8-12-15/h3-13,16H,1-2H3,(H,19,21). The zero-order valence-corrected chi connectivity index (χ0v) is 13.1. The van der Waals surface area contributed by atoms with Crippen LogP contribution in [0.1, 0.15) is 25.0 Å². The number of nitrogens with one attached hydrogen (secondary N) is 1. The second kappa shape index (κ2) is 5.49. The van der Waals surface area contributed by atoms with Crippen LogP contribution in [-0.4, -0.2) is 11.2 Å². The third-order valence-electron chi connectivity index (χ3n) is 4.04. The van der Waals surface area contributed by atoms with Gasteiger partial charge in [0.15, 0.2) is 5.60 Å². The Bertz CT molecular complexity index is 585. The van der Waals surface area contributed by atoms with Gasteiger partial charge in [-0.05, 0) is 18.1 Å². The first kappa shape index (κ1) is 14.1. The minimum Gasteiger partial charge on any atom is -0.452 e. The molecule has 1 saturated heterocycles. The first-order valence-electron chi connectivity index (χ1n) is 7.25. The van der Waals surface area contributed by atoms with Crippen LogP contribution in [0.2, 0.25) is 0 Å². The van der Waals surface area contributed by atoms with Gasteiger partial charge in [0.2, 0.25) is 0 Å². The molecule has 0 bridgehead atoms. The van der Waals surface area contributed by atoms with E-state index in [-0.39, 0.29) is 6.04 Å². The molecular formula is C18H19NOS. The Hall–Kier alpha value is -1.87. The van der Waals surface area contributed by atoms with E-state index in [4.69, 9.17) is 17.0 Å². The molecular weight excluding hydrogens is 278 g/mol. The lowest BCUT2D eigenvalue weighted by Crippen LogP contribution is -2.45. The highest BCUT2D eigenvalue weighted by Crippen LogP contribution is 2.43. The van der Waals surface area contributed by atoms with Crippen molar-refractivity contribution in [3.8, 4) is 0 Å². The summed E-state index contributed by atoms with van der Waals surface area (Å²) in [6.45, 7) is 4.38. The van der Waals surface area contributed by atoms with Crippen LogP contribution >= 0.6 is 12.2 Å². The molecule has 0 amide bonds. The second-order valence-corrected chi connectivity index (χ2v) is 6.09. The van der Waals surface area contributed by atoms with Crippen LogP contribution in [0.4, 0.5) is 0 Å². The number of benzene rings is 2. The molecule has 1 aliphatic rings. The first-order chi connectivity index (χ1) is 10.1. The molecule has 3 heteroatoms. The summed E-state index contributed by atoms with van der Waals surface area (Å²) in [5, 5.41) is 3.82. The van der Waals surface area contributed by atoms with Crippen molar-refractivity contribution in [2.45, 2.75) is 25.5 Å². The lowest BCUT2D eigenvalue weighted by Gasteiger charge is -2.36. The molecule has 21 heavy (non-hydrogen) atoms. The average Bonchev–Trinajstić information content (AvgIpc) is 2.88. The normalized spacial score (nSPS) is 20.1. The minimum absolute atomic E-state index is 0.106. The summed E-state index contributed by atoms with van der Waals surface area (Å²) in [5.74, 6) is 0.380. The minimum atomic E-state index is -0.562. The number of ether oxygens (including phenoxy) is 1. The summed E-state index contributed by atoms with van der Waals surface area (Å²) in [5.41, 5.74) is 1.69. The van der Waals surface area contributed by atoms with Gasteiger partial charge in [0.1, 0.15) is 0 Å². The fourth-order valence-corrected chi connectivity index (χ4v) is 3.38. The van der Waals surface area contributed by atoms with Crippen LogP contribution in [-0.2, 0) is 10.3 Å². The Morgan fingerprint density at radius 3 is 1.86 bits per heavy atom. The van der Waals surface area contributed by atoms with E-state index in [0.29, 0.717) is 11.1 Å². The SMILES string of the molecule is CC(C)C1NC(=S)OC1(c1ccccc1)c1ccccc1. The highest BCUT2D eigenvalue weighted by molar-refractivity contribution is 7.80. The molecule has 1 fully saturated rings. The predicted molar refractivity (Wildman–Crippen MR) is 89.1 cm³/mol. The van der Waals surface area contributed by atoms with Crippen LogP contribution in [0.25, 0.3) is 0 Å². The zero-order valence-electron chi connectivity index (χ0n) is 12.2. The topological polar surface area (TPSA) is 21.3 Å². The summed E-state index contributed by atoms with van der Waals surface area (Å²) < 4.78 is 6.22. The van der Waals surface area contributed by atoms with Crippen LogP contribution in [0, 0.1) is 5.92 Å².